The van der Waals surface area contributed by atoms with Gasteiger partial charge in [-0.1, -0.05) is 12.1 Å². The number of carbonyl (C=O) groups excluding carboxylic acids is 2. The van der Waals surface area contributed by atoms with Crippen molar-refractivity contribution in [3.05, 3.63) is 23.8 Å². The lowest BCUT2D eigenvalue weighted by Gasteiger charge is -2.36. The van der Waals surface area contributed by atoms with Gasteiger partial charge < -0.3 is 19.3 Å². The number of amides is 2. The van der Waals surface area contributed by atoms with Crippen molar-refractivity contribution in [1.82, 2.24) is 9.80 Å². The second-order valence-corrected chi connectivity index (χ2v) is 7.55. The molecule has 0 unspecified atom stereocenters. The molecule has 0 aliphatic carbocycles. The van der Waals surface area contributed by atoms with Crippen LogP contribution < -0.4 is 9.47 Å². The largest absolute Gasteiger partial charge is 0.493 e. The molecule has 0 radical (unpaired) electrons. The molecule has 2 atom stereocenters. The second kappa shape index (κ2) is 8.63. The summed E-state index contributed by atoms with van der Waals surface area (Å²) >= 11 is 0. The van der Waals surface area contributed by atoms with E-state index < -0.39 is 0 Å². The fourth-order valence-electron chi connectivity index (χ4n) is 4.40. The fourth-order valence-corrected chi connectivity index (χ4v) is 4.40. The van der Waals surface area contributed by atoms with Gasteiger partial charge in [-0.25, -0.2) is 0 Å². The van der Waals surface area contributed by atoms with Crippen molar-refractivity contribution in [3.63, 3.8) is 0 Å². The predicted octanol–water partition coefficient (Wildman–Crippen LogP) is 2.35. The highest BCUT2D eigenvalue weighted by Crippen LogP contribution is 2.34. The molecule has 1 aromatic carbocycles. The topological polar surface area (TPSA) is 59.1 Å². The molecule has 27 heavy (non-hydrogen) atoms. The Labute approximate surface area is 161 Å². The lowest BCUT2D eigenvalue weighted by Crippen LogP contribution is -2.42. The minimum atomic E-state index is 0.144. The highest BCUT2D eigenvalue weighted by molar-refractivity contribution is 5.77. The average molecular weight is 374 g/mol. The quantitative estimate of drug-likeness (QED) is 0.794. The molecule has 2 aliphatic rings. The Morgan fingerprint density at radius 3 is 2.63 bits per heavy atom. The first kappa shape index (κ1) is 19.5. The predicted molar refractivity (Wildman–Crippen MR) is 103 cm³/mol. The third-order valence-corrected chi connectivity index (χ3v) is 6.03. The van der Waals surface area contributed by atoms with E-state index in [-0.39, 0.29) is 11.8 Å². The molecule has 2 heterocycles. The number of fused-ring (bicyclic) bond motifs is 1. The number of benzene rings is 1. The maximum atomic E-state index is 12.8. The van der Waals surface area contributed by atoms with E-state index >= 15 is 0 Å². The zero-order valence-electron chi connectivity index (χ0n) is 16.6. The highest BCUT2D eigenvalue weighted by atomic mass is 16.5. The van der Waals surface area contributed by atoms with E-state index in [0.29, 0.717) is 30.6 Å². The van der Waals surface area contributed by atoms with E-state index in [1.54, 1.807) is 21.1 Å². The standard InChI is InChI=1S/C21H30N2O4/c1-15(24)23-12-8-17-13-20(25)22(11-9-18(17)14-23)10-7-16-5-4-6-19(26-2)21(16)27-3/h4-6,17-18H,7-14H2,1-3H3/t17-,18+/m1/s1. The second-order valence-electron chi connectivity index (χ2n) is 7.55. The molecule has 2 amide bonds. The number of para-hydroxylation sites is 1. The Kier molecular flexibility index (Phi) is 6.24. The summed E-state index contributed by atoms with van der Waals surface area (Å²) in [6, 6.07) is 5.85. The summed E-state index contributed by atoms with van der Waals surface area (Å²) in [7, 11) is 3.27. The summed E-state index contributed by atoms with van der Waals surface area (Å²) in [6.45, 7) is 4.65. The van der Waals surface area contributed by atoms with Crippen LogP contribution in [0.5, 0.6) is 11.5 Å². The summed E-state index contributed by atoms with van der Waals surface area (Å²) in [5, 5.41) is 0. The Hall–Kier alpha value is -2.24. The lowest BCUT2D eigenvalue weighted by molar-refractivity contribution is -0.132. The Bertz CT molecular complexity index is 691. The van der Waals surface area contributed by atoms with Crippen LogP contribution in [-0.2, 0) is 16.0 Å². The van der Waals surface area contributed by atoms with Gasteiger partial charge in [0.25, 0.3) is 0 Å². The molecule has 0 N–H and O–H groups in total. The van der Waals surface area contributed by atoms with Crippen LogP contribution in [0.1, 0.15) is 31.7 Å². The van der Waals surface area contributed by atoms with Gasteiger partial charge in [0.05, 0.1) is 14.2 Å². The molecule has 148 valence electrons. The summed E-state index contributed by atoms with van der Waals surface area (Å²) in [4.78, 5) is 28.4. The molecular weight excluding hydrogens is 344 g/mol. The smallest absolute Gasteiger partial charge is 0.222 e. The van der Waals surface area contributed by atoms with Gasteiger partial charge in [0, 0.05) is 39.5 Å². The van der Waals surface area contributed by atoms with Gasteiger partial charge in [0.1, 0.15) is 0 Å². The summed E-state index contributed by atoms with van der Waals surface area (Å²) in [6.07, 6.45) is 3.25. The maximum absolute atomic E-state index is 12.8. The number of ether oxygens (including phenoxy) is 2. The zero-order valence-corrected chi connectivity index (χ0v) is 16.6. The van der Waals surface area contributed by atoms with Gasteiger partial charge in [0.2, 0.25) is 11.8 Å². The molecule has 1 aromatic rings. The first-order chi connectivity index (χ1) is 13.0. The van der Waals surface area contributed by atoms with Gasteiger partial charge >= 0.3 is 0 Å². The van der Waals surface area contributed by atoms with Crippen LogP contribution in [0.4, 0.5) is 0 Å². The number of hydrogen-bond donors (Lipinski definition) is 0. The van der Waals surface area contributed by atoms with Crippen LogP contribution in [0.3, 0.4) is 0 Å². The minimum Gasteiger partial charge on any atom is -0.493 e. The number of likely N-dealkylation sites (tertiary alicyclic amines) is 2. The molecule has 6 heteroatoms. The van der Waals surface area contributed by atoms with Crippen LogP contribution in [-0.4, -0.2) is 62.0 Å². The van der Waals surface area contributed by atoms with E-state index in [1.165, 1.54) is 0 Å². The summed E-state index contributed by atoms with van der Waals surface area (Å²) < 4.78 is 10.9. The van der Waals surface area contributed by atoms with Gasteiger partial charge in [-0.05, 0) is 42.7 Å². The number of methoxy groups -OCH3 is 2. The molecular formula is C21H30N2O4. The minimum absolute atomic E-state index is 0.144. The SMILES string of the molecule is COc1cccc(CCN2CC[C@H]3CN(C(C)=O)CC[C@@H]3CC2=O)c1OC. The molecule has 0 bridgehead atoms. The summed E-state index contributed by atoms with van der Waals surface area (Å²) in [5.74, 6) is 2.68. The van der Waals surface area contributed by atoms with Gasteiger partial charge in [-0.2, -0.15) is 0 Å². The van der Waals surface area contributed by atoms with Crippen molar-refractivity contribution in [2.24, 2.45) is 11.8 Å². The maximum Gasteiger partial charge on any atom is 0.222 e. The van der Waals surface area contributed by atoms with Gasteiger partial charge in [-0.3, -0.25) is 9.59 Å². The van der Waals surface area contributed by atoms with E-state index in [2.05, 4.69) is 0 Å². The number of rotatable bonds is 5. The summed E-state index contributed by atoms with van der Waals surface area (Å²) in [5.41, 5.74) is 1.05. The van der Waals surface area contributed by atoms with Crippen LogP contribution >= 0.6 is 0 Å². The molecule has 0 aromatic heterocycles. The Morgan fingerprint density at radius 2 is 1.93 bits per heavy atom. The zero-order chi connectivity index (χ0) is 19.4. The molecule has 2 fully saturated rings. The number of hydrogen-bond acceptors (Lipinski definition) is 4. The van der Waals surface area contributed by atoms with Crippen molar-refractivity contribution in [2.75, 3.05) is 40.4 Å². The monoisotopic (exact) mass is 374 g/mol. The van der Waals surface area contributed by atoms with Gasteiger partial charge in [-0.15, -0.1) is 0 Å². The third kappa shape index (κ3) is 4.37. The van der Waals surface area contributed by atoms with Crippen molar-refractivity contribution >= 4 is 11.8 Å². The van der Waals surface area contributed by atoms with Crippen molar-refractivity contribution in [3.8, 4) is 11.5 Å². The van der Waals surface area contributed by atoms with Crippen LogP contribution in [0.15, 0.2) is 18.2 Å². The normalized spacial score (nSPS) is 22.9. The average Bonchev–Trinajstić information content (AvgIpc) is 2.83. The Morgan fingerprint density at radius 1 is 1.15 bits per heavy atom. The lowest BCUT2D eigenvalue weighted by atomic mass is 9.82. The highest BCUT2D eigenvalue weighted by Gasteiger charge is 2.35. The molecule has 0 spiro atoms. The van der Waals surface area contributed by atoms with E-state index in [0.717, 1.165) is 50.2 Å². The number of carbonyl (C=O) groups is 2. The van der Waals surface area contributed by atoms with Crippen molar-refractivity contribution in [2.45, 2.75) is 32.6 Å². The van der Waals surface area contributed by atoms with Crippen molar-refractivity contribution in [1.29, 1.82) is 0 Å². The van der Waals surface area contributed by atoms with E-state index in [9.17, 15) is 9.59 Å². The number of nitrogens with zero attached hydrogens (tertiary/aromatic N) is 2. The molecule has 6 nitrogen and oxygen atoms in total. The van der Waals surface area contributed by atoms with Crippen LogP contribution in [0, 0.1) is 11.8 Å². The molecule has 2 saturated heterocycles. The fraction of sp³-hybridized carbons (Fsp3) is 0.619. The Balaban J connectivity index is 1.64. The molecule has 2 aliphatic heterocycles. The molecule has 0 saturated carbocycles. The van der Waals surface area contributed by atoms with E-state index in [1.807, 2.05) is 28.0 Å². The van der Waals surface area contributed by atoms with Crippen molar-refractivity contribution < 1.29 is 19.1 Å². The third-order valence-electron chi connectivity index (χ3n) is 6.03. The molecule has 3 rings (SSSR count). The van der Waals surface area contributed by atoms with Gasteiger partial charge in [0.15, 0.2) is 11.5 Å². The van der Waals surface area contributed by atoms with E-state index in [4.69, 9.17) is 9.47 Å². The first-order valence-corrected chi connectivity index (χ1v) is 9.76. The van der Waals surface area contributed by atoms with Crippen LogP contribution in [0.25, 0.3) is 0 Å². The first-order valence-electron chi connectivity index (χ1n) is 9.76. The van der Waals surface area contributed by atoms with Crippen LogP contribution in [0.2, 0.25) is 0 Å². The number of piperidine rings is 1.